The summed E-state index contributed by atoms with van der Waals surface area (Å²) < 4.78 is 0. The maximum atomic E-state index is 12.6. The molecule has 4 rings (SSSR count). The van der Waals surface area contributed by atoms with Gasteiger partial charge in [-0.25, -0.2) is 0 Å². The summed E-state index contributed by atoms with van der Waals surface area (Å²) in [6.07, 6.45) is 4.50. The Kier molecular flexibility index (Phi) is 3.43. The minimum Gasteiger partial charge on any atom is -0.324 e. The molecule has 3 atom stereocenters. The van der Waals surface area contributed by atoms with Crippen molar-refractivity contribution >= 4 is 11.6 Å². The monoisotopic (exact) mass is 285 g/mol. The molecule has 112 valence electrons. The molecule has 0 saturated carbocycles. The highest BCUT2D eigenvalue weighted by Gasteiger charge is 2.39. The molecule has 1 amide bonds. The smallest absolute Gasteiger partial charge is 0.241 e. The zero-order valence-electron chi connectivity index (χ0n) is 12.3. The first-order valence-corrected chi connectivity index (χ1v) is 8.17. The Morgan fingerprint density at radius 2 is 2.05 bits per heavy atom. The van der Waals surface area contributed by atoms with E-state index in [0.29, 0.717) is 6.04 Å². The first-order chi connectivity index (χ1) is 10.3. The van der Waals surface area contributed by atoms with Crippen molar-refractivity contribution in [3.63, 3.8) is 0 Å². The van der Waals surface area contributed by atoms with Gasteiger partial charge >= 0.3 is 0 Å². The second-order valence-corrected chi connectivity index (χ2v) is 6.62. The van der Waals surface area contributed by atoms with Gasteiger partial charge in [-0.1, -0.05) is 18.2 Å². The highest BCUT2D eigenvalue weighted by atomic mass is 16.2. The number of carbonyl (C=O) groups is 1. The zero-order chi connectivity index (χ0) is 14.2. The third-order valence-electron chi connectivity index (χ3n) is 5.33. The standard InChI is InChI=1S/C17H23N3O/c21-17-16(8-7-12-4-1-2-6-14(12)19-17)20-10-13-5-3-9-18-15(13)11-20/h1-2,4,6,13,15-16,18H,3,5,7-11H2,(H,19,21). The third-order valence-corrected chi connectivity index (χ3v) is 5.33. The van der Waals surface area contributed by atoms with E-state index in [9.17, 15) is 4.79 Å². The fraction of sp³-hybridized carbons (Fsp3) is 0.588. The number of nitrogens with zero attached hydrogens (tertiary/aromatic N) is 1. The zero-order valence-corrected chi connectivity index (χ0v) is 12.3. The predicted octanol–water partition coefficient (Wildman–Crippen LogP) is 1.62. The lowest BCUT2D eigenvalue weighted by molar-refractivity contribution is -0.121. The lowest BCUT2D eigenvalue weighted by Crippen LogP contribution is -2.44. The Hall–Kier alpha value is -1.39. The van der Waals surface area contributed by atoms with Crippen LogP contribution < -0.4 is 10.6 Å². The Bertz CT molecular complexity index is 531. The molecule has 0 bridgehead atoms. The van der Waals surface area contributed by atoms with Crippen molar-refractivity contribution in [3.8, 4) is 0 Å². The van der Waals surface area contributed by atoms with Gasteiger partial charge in [0.05, 0.1) is 6.04 Å². The number of benzene rings is 1. The number of carbonyl (C=O) groups excluding carboxylic acids is 1. The summed E-state index contributed by atoms with van der Waals surface area (Å²) in [4.78, 5) is 15.0. The molecule has 1 aromatic carbocycles. The molecular formula is C17H23N3O. The molecule has 2 fully saturated rings. The topological polar surface area (TPSA) is 44.4 Å². The number of para-hydroxylation sites is 1. The number of hydrogen-bond acceptors (Lipinski definition) is 3. The van der Waals surface area contributed by atoms with Crippen LogP contribution in [0.4, 0.5) is 5.69 Å². The molecule has 2 saturated heterocycles. The lowest BCUT2D eigenvalue weighted by atomic mass is 9.94. The van der Waals surface area contributed by atoms with Crippen molar-refractivity contribution in [1.82, 2.24) is 10.2 Å². The minimum absolute atomic E-state index is 0.0322. The van der Waals surface area contributed by atoms with Crippen LogP contribution in [0.3, 0.4) is 0 Å². The van der Waals surface area contributed by atoms with Crippen molar-refractivity contribution in [3.05, 3.63) is 29.8 Å². The van der Waals surface area contributed by atoms with E-state index in [-0.39, 0.29) is 11.9 Å². The lowest BCUT2D eigenvalue weighted by Gasteiger charge is -2.25. The van der Waals surface area contributed by atoms with Crippen LogP contribution in [0.25, 0.3) is 0 Å². The van der Waals surface area contributed by atoms with E-state index in [4.69, 9.17) is 0 Å². The molecule has 3 heterocycles. The number of hydrogen-bond donors (Lipinski definition) is 2. The van der Waals surface area contributed by atoms with Crippen LogP contribution in [-0.4, -0.2) is 42.5 Å². The van der Waals surface area contributed by atoms with Crippen molar-refractivity contribution in [2.45, 2.75) is 37.8 Å². The number of likely N-dealkylation sites (tertiary alicyclic amines) is 1. The molecule has 1 aromatic rings. The van der Waals surface area contributed by atoms with Crippen LogP contribution in [-0.2, 0) is 11.2 Å². The van der Waals surface area contributed by atoms with Gasteiger partial charge in [0.25, 0.3) is 0 Å². The van der Waals surface area contributed by atoms with E-state index < -0.39 is 0 Å². The number of amides is 1. The van der Waals surface area contributed by atoms with Crippen molar-refractivity contribution in [1.29, 1.82) is 0 Å². The maximum Gasteiger partial charge on any atom is 0.241 e. The van der Waals surface area contributed by atoms with Gasteiger partial charge in [-0.3, -0.25) is 9.69 Å². The Balaban J connectivity index is 1.50. The molecule has 0 aromatic heterocycles. The van der Waals surface area contributed by atoms with Gasteiger partial charge in [-0.2, -0.15) is 0 Å². The summed E-state index contributed by atoms with van der Waals surface area (Å²) in [6.45, 7) is 3.24. The Morgan fingerprint density at radius 1 is 1.14 bits per heavy atom. The van der Waals surface area contributed by atoms with Gasteiger partial charge in [-0.15, -0.1) is 0 Å². The van der Waals surface area contributed by atoms with Gasteiger partial charge in [0.2, 0.25) is 5.91 Å². The highest BCUT2D eigenvalue weighted by Crippen LogP contribution is 2.30. The summed E-state index contributed by atoms with van der Waals surface area (Å²) in [5.74, 6) is 0.913. The van der Waals surface area contributed by atoms with Gasteiger partial charge in [0.15, 0.2) is 0 Å². The van der Waals surface area contributed by atoms with Gasteiger partial charge in [-0.05, 0) is 49.8 Å². The summed E-state index contributed by atoms with van der Waals surface area (Å²) >= 11 is 0. The number of fused-ring (bicyclic) bond motifs is 2. The average molecular weight is 285 g/mol. The quantitative estimate of drug-likeness (QED) is 0.824. The van der Waals surface area contributed by atoms with E-state index >= 15 is 0 Å². The van der Waals surface area contributed by atoms with E-state index in [1.54, 1.807) is 0 Å². The van der Waals surface area contributed by atoms with E-state index in [0.717, 1.165) is 44.1 Å². The molecular weight excluding hydrogens is 262 g/mol. The van der Waals surface area contributed by atoms with Crippen LogP contribution in [0, 0.1) is 5.92 Å². The molecule has 4 nitrogen and oxygen atoms in total. The molecule has 4 heteroatoms. The molecule has 0 radical (unpaired) electrons. The highest BCUT2D eigenvalue weighted by molar-refractivity contribution is 5.96. The van der Waals surface area contributed by atoms with Gasteiger partial charge in [0.1, 0.15) is 0 Å². The van der Waals surface area contributed by atoms with Crippen LogP contribution in [0.1, 0.15) is 24.8 Å². The van der Waals surface area contributed by atoms with Crippen LogP contribution in [0.5, 0.6) is 0 Å². The first kappa shape index (κ1) is 13.3. The predicted molar refractivity (Wildman–Crippen MR) is 83.3 cm³/mol. The molecule has 0 aliphatic carbocycles. The first-order valence-electron chi connectivity index (χ1n) is 8.17. The second-order valence-electron chi connectivity index (χ2n) is 6.62. The Labute approximate surface area is 125 Å². The molecule has 0 spiro atoms. The number of piperidine rings is 1. The molecule has 3 unspecified atom stereocenters. The molecule has 21 heavy (non-hydrogen) atoms. The average Bonchev–Trinajstić information content (AvgIpc) is 2.84. The fourth-order valence-electron chi connectivity index (χ4n) is 4.18. The SMILES string of the molecule is O=C1Nc2ccccc2CCC1N1CC2CCCNC2C1. The summed E-state index contributed by atoms with van der Waals surface area (Å²) in [5.41, 5.74) is 2.27. The normalized spacial score (nSPS) is 33.0. The number of anilines is 1. The second kappa shape index (κ2) is 5.43. The Morgan fingerprint density at radius 3 is 2.95 bits per heavy atom. The fourth-order valence-corrected chi connectivity index (χ4v) is 4.18. The van der Waals surface area contributed by atoms with Crippen LogP contribution in [0.2, 0.25) is 0 Å². The summed E-state index contributed by atoms with van der Waals surface area (Å²) in [5, 5.41) is 6.75. The van der Waals surface area contributed by atoms with E-state index in [1.165, 1.54) is 18.4 Å². The number of rotatable bonds is 1. The molecule has 3 aliphatic rings. The van der Waals surface area contributed by atoms with E-state index in [1.807, 2.05) is 12.1 Å². The van der Waals surface area contributed by atoms with Gasteiger partial charge in [0, 0.05) is 24.8 Å². The van der Waals surface area contributed by atoms with Crippen LogP contribution in [0.15, 0.2) is 24.3 Å². The van der Waals surface area contributed by atoms with Crippen molar-refractivity contribution < 1.29 is 4.79 Å². The molecule has 2 N–H and O–H groups in total. The number of nitrogens with one attached hydrogen (secondary N) is 2. The van der Waals surface area contributed by atoms with Crippen molar-refractivity contribution in [2.75, 3.05) is 25.0 Å². The summed E-state index contributed by atoms with van der Waals surface area (Å²) in [7, 11) is 0. The largest absolute Gasteiger partial charge is 0.324 e. The molecule has 3 aliphatic heterocycles. The number of aryl methyl sites for hydroxylation is 1. The van der Waals surface area contributed by atoms with E-state index in [2.05, 4.69) is 27.7 Å². The summed E-state index contributed by atoms with van der Waals surface area (Å²) in [6, 6.07) is 8.82. The van der Waals surface area contributed by atoms with Crippen molar-refractivity contribution in [2.24, 2.45) is 5.92 Å². The third kappa shape index (κ3) is 2.47. The maximum absolute atomic E-state index is 12.6. The van der Waals surface area contributed by atoms with Crippen LogP contribution >= 0.6 is 0 Å². The minimum atomic E-state index is 0.0322. The van der Waals surface area contributed by atoms with Gasteiger partial charge < -0.3 is 10.6 Å².